The first-order valence-electron chi connectivity index (χ1n) is 15.5. The van der Waals surface area contributed by atoms with Crippen LogP contribution in [0, 0.1) is 0 Å². The molecule has 0 N–H and O–H groups in total. The van der Waals surface area contributed by atoms with Gasteiger partial charge in [-0.05, 0) is 68.7 Å². The van der Waals surface area contributed by atoms with Crippen molar-refractivity contribution in [1.82, 2.24) is 19.8 Å². The van der Waals surface area contributed by atoms with Gasteiger partial charge in [0.15, 0.2) is 0 Å². The van der Waals surface area contributed by atoms with Crippen molar-refractivity contribution in [2.75, 3.05) is 52.4 Å². The van der Waals surface area contributed by atoms with E-state index in [2.05, 4.69) is 0 Å². The summed E-state index contributed by atoms with van der Waals surface area (Å²) >= 11 is 0. The van der Waals surface area contributed by atoms with Crippen molar-refractivity contribution in [2.45, 2.75) is 111 Å². The Hall–Kier alpha value is -3.10. The highest BCUT2D eigenvalue weighted by atomic mass is 16.7. The third-order valence-electron chi connectivity index (χ3n) is 6.63. The van der Waals surface area contributed by atoms with E-state index in [0.717, 1.165) is 0 Å². The number of ether oxygens (including phenoxy) is 3. The van der Waals surface area contributed by atoms with Crippen LogP contribution >= 0.6 is 0 Å². The van der Waals surface area contributed by atoms with Gasteiger partial charge in [0.1, 0.15) is 22.8 Å². The topological polar surface area (TPSA) is 152 Å². The number of esters is 3. The van der Waals surface area contributed by atoms with Gasteiger partial charge in [-0.25, -0.2) is 4.79 Å². The smallest absolute Gasteiger partial charge is 0.333 e. The Kier molecular flexibility index (Phi) is 13.5. The number of hydrogen-bond acceptors (Lipinski definition) is 13. The van der Waals surface area contributed by atoms with E-state index >= 15 is 0 Å². The van der Waals surface area contributed by atoms with E-state index in [1.807, 2.05) is 14.7 Å². The molecular formula is C31H52N4O10. The molecule has 2 fully saturated rings. The molecule has 14 nitrogen and oxygen atoms in total. The largest absolute Gasteiger partial charge is 0.459 e. The Labute approximate surface area is 266 Å². The third-order valence-corrected chi connectivity index (χ3v) is 6.63. The standard InChI is InChI=1S/C31H52N4O10/c1-29(2,3)42-26(39)20-32-14-15-33(21-27(40)43-30(4,5)6)17-19-34(18-16-32)22(28(41)44-31(7,8)9)10-13-25(38)45-35-23(36)11-12-24(35)37/h22H,10-21H2,1-9H3. The summed E-state index contributed by atoms with van der Waals surface area (Å²) in [5.41, 5.74) is -2.13. The first kappa shape index (κ1) is 38.1. The van der Waals surface area contributed by atoms with Crippen molar-refractivity contribution < 1.29 is 47.8 Å². The van der Waals surface area contributed by atoms with E-state index in [1.54, 1.807) is 62.3 Å². The fourth-order valence-electron chi connectivity index (χ4n) is 4.78. The van der Waals surface area contributed by atoms with Crippen molar-refractivity contribution in [3.05, 3.63) is 0 Å². The molecule has 2 aliphatic heterocycles. The highest BCUT2D eigenvalue weighted by Gasteiger charge is 2.36. The maximum atomic E-state index is 13.5. The predicted molar refractivity (Wildman–Crippen MR) is 162 cm³/mol. The predicted octanol–water partition coefficient (Wildman–Crippen LogP) is 1.69. The molecule has 2 saturated heterocycles. The summed E-state index contributed by atoms with van der Waals surface area (Å²) in [5.74, 6) is -3.36. The number of carbonyl (C=O) groups is 6. The van der Waals surface area contributed by atoms with E-state index in [0.29, 0.717) is 44.3 Å². The quantitative estimate of drug-likeness (QED) is 0.194. The van der Waals surface area contributed by atoms with Crippen LogP contribution in [0.1, 0.15) is 88.0 Å². The Balaban J connectivity index is 2.28. The fourth-order valence-corrected chi connectivity index (χ4v) is 4.78. The molecule has 1 atom stereocenters. The van der Waals surface area contributed by atoms with Crippen LogP contribution in [0.4, 0.5) is 0 Å². The molecule has 0 aromatic heterocycles. The van der Waals surface area contributed by atoms with Crippen molar-refractivity contribution in [3.8, 4) is 0 Å². The van der Waals surface area contributed by atoms with Gasteiger partial charge in [0.05, 0.1) is 19.5 Å². The van der Waals surface area contributed by atoms with Crippen LogP contribution in [0.25, 0.3) is 0 Å². The van der Waals surface area contributed by atoms with E-state index in [-0.39, 0.29) is 38.8 Å². The highest BCUT2D eigenvalue weighted by molar-refractivity contribution is 6.01. The Morgan fingerprint density at radius 1 is 0.622 bits per heavy atom. The van der Waals surface area contributed by atoms with Crippen molar-refractivity contribution in [3.63, 3.8) is 0 Å². The first-order chi connectivity index (χ1) is 20.6. The molecule has 2 aliphatic rings. The molecular weight excluding hydrogens is 588 g/mol. The number of hydroxylamine groups is 2. The van der Waals surface area contributed by atoms with Crippen LogP contribution in [-0.2, 0) is 47.8 Å². The zero-order chi connectivity index (χ0) is 34.2. The van der Waals surface area contributed by atoms with Gasteiger partial charge in [0, 0.05) is 52.1 Å². The Morgan fingerprint density at radius 3 is 1.42 bits per heavy atom. The van der Waals surface area contributed by atoms with Gasteiger partial charge in [-0.1, -0.05) is 0 Å². The number of amides is 2. The molecule has 0 aromatic rings. The van der Waals surface area contributed by atoms with E-state index < -0.39 is 58.5 Å². The monoisotopic (exact) mass is 640 g/mol. The maximum Gasteiger partial charge on any atom is 0.333 e. The average molecular weight is 641 g/mol. The van der Waals surface area contributed by atoms with Crippen molar-refractivity contribution >= 4 is 35.7 Å². The maximum absolute atomic E-state index is 13.5. The molecule has 0 aliphatic carbocycles. The summed E-state index contributed by atoms with van der Waals surface area (Å²) in [6, 6.07) is -0.897. The minimum Gasteiger partial charge on any atom is -0.459 e. The second kappa shape index (κ2) is 15.9. The molecule has 0 aromatic carbocycles. The van der Waals surface area contributed by atoms with Crippen LogP contribution < -0.4 is 0 Å². The molecule has 14 heteroatoms. The number of imide groups is 1. The highest BCUT2D eigenvalue weighted by Crippen LogP contribution is 2.19. The second-order valence-electron chi connectivity index (χ2n) is 14.4. The normalized spacial score (nSPS) is 18.9. The lowest BCUT2D eigenvalue weighted by Gasteiger charge is -2.33. The second-order valence-corrected chi connectivity index (χ2v) is 14.4. The summed E-state index contributed by atoms with van der Waals surface area (Å²) in [6.07, 6.45) is -0.331. The van der Waals surface area contributed by atoms with Crippen molar-refractivity contribution in [2.24, 2.45) is 0 Å². The fraction of sp³-hybridized carbons (Fsp3) is 0.806. The number of carbonyl (C=O) groups excluding carboxylic acids is 6. The number of nitrogens with zero attached hydrogens (tertiary/aromatic N) is 4. The lowest BCUT2D eigenvalue weighted by atomic mass is 10.1. The van der Waals surface area contributed by atoms with E-state index in [9.17, 15) is 28.8 Å². The van der Waals surface area contributed by atoms with Crippen molar-refractivity contribution in [1.29, 1.82) is 0 Å². The molecule has 0 saturated carbocycles. The number of rotatable bonds is 10. The van der Waals surface area contributed by atoms with E-state index in [4.69, 9.17) is 19.0 Å². The number of hydrogen-bond donors (Lipinski definition) is 0. The van der Waals surface area contributed by atoms with Gasteiger partial charge >= 0.3 is 23.9 Å². The zero-order valence-corrected chi connectivity index (χ0v) is 28.4. The first-order valence-corrected chi connectivity index (χ1v) is 15.5. The molecule has 45 heavy (non-hydrogen) atoms. The van der Waals surface area contributed by atoms with Gasteiger partial charge < -0.3 is 19.0 Å². The zero-order valence-electron chi connectivity index (χ0n) is 28.4. The molecule has 0 spiro atoms. The van der Waals surface area contributed by atoms with Gasteiger partial charge in [0.25, 0.3) is 11.8 Å². The molecule has 2 rings (SSSR count). The van der Waals surface area contributed by atoms with Gasteiger partial charge in [-0.3, -0.25) is 38.7 Å². The SMILES string of the molecule is CC(C)(C)OC(=O)CN1CCN(CC(=O)OC(C)(C)C)CCN(C(CCC(=O)ON2C(=O)CCC2=O)C(=O)OC(C)(C)C)CC1. The molecule has 2 amide bonds. The molecule has 0 radical (unpaired) electrons. The van der Waals surface area contributed by atoms with E-state index in [1.165, 1.54) is 0 Å². The summed E-state index contributed by atoms with van der Waals surface area (Å²) in [5, 5.41) is 0.480. The van der Waals surface area contributed by atoms with Crippen LogP contribution in [0.15, 0.2) is 0 Å². The average Bonchev–Trinajstić information content (AvgIpc) is 3.19. The summed E-state index contributed by atoms with van der Waals surface area (Å²) in [6.45, 7) is 18.3. The van der Waals surface area contributed by atoms with Crippen LogP contribution in [0.2, 0.25) is 0 Å². The van der Waals surface area contributed by atoms with Crippen LogP contribution in [0.3, 0.4) is 0 Å². The lowest BCUT2D eigenvalue weighted by Crippen LogP contribution is -2.49. The van der Waals surface area contributed by atoms with Crippen LogP contribution in [0.5, 0.6) is 0 Å². The van der Waals surface area contributed by atoms with Crippen LogP contribution in [-0.4, -0.2) is 131 Å². The van der Waals surface area contributed by atoms with Gasteiger partial charge in [0.2, 0.25) is 0 Å². The Morgan fingerprint density at radius 2 is 1.02 bits per heavy atom. The molecule has 2 heterocycles. The minimum absolute atomic E-state index is 0.00666. The summed E-state index contributed by atoms with van der Waals surface area (Å²) in [4.78, 5) is 86.2. The molecule has 1 unspecified atom stereocenters. The minimum atomic E-state index is -0.897. The Bertz CT molecular complexity index is 1030. The molecule has 256 valence electrons. The van der Waals surface area contributed by atoms with Gasteiger partial charge in [-0.2, -0.15) is 0 Å². The molecule has 0 bridgehead atoms. The summed E-state index contributed by atoms with van der Waals surface area (Å²) < 4.78 is 16.8. The third kappa shape index (κ3) is 14.7. The summed E-state index contributed by atoms with van der Waals surface area (Å²) in [7, 11) is 0. The van der Waals surface area contributed by atoms with Gasteiger partial charge in [-0.15, -0.1) is 5.06 Å². The lowest BCUT2D eigenvalue weighted by molar-refractivity contribution is -0.197.